The van der Waals surface area contributed by atoms with Gasteiger partial charge in [0.05, 0.1) is 3.79 Å². The highest BCUT2D eigenvalue weighted by Crippen LogP contribution is 2.29. The Balaban J connectivity index is 2.33. The third-order valence-electron chi connectivity index (χ3n) is 2.05. The number of thiophene rings is 1. The fraction of sp³-hybridized carbons (Fsp3) is 0.600. The van der Waals surface area contributed by atoms with Crippen LogP contribution >= 0.6 is 27.3 Å². The lowest BCUT2D eigenvalue weighted by atomic mass is 10.3. The molecule has 0 saturated heterocycles. The third kappa shape index (κ3) is 5.85. The Kier molecular flexibility index (Phi) is 5.91. The molecular formula is C10H13BrF3NOS. The monoisotopic (exact) mass is 331 g/mol. The van der Waals surface area contributed by atoms with Crippen molar-refractivity contribution in [2.45, 2.75) is 25.1 Å². The van der Waals surface area contributed by atoms with Crippen LogP contribution in [-0.4, -0.2) is 19.3 Å². The average molecular weight is 332 g/mol. The fourth-order valence-corrected chi connectivity index (χ4v) is 2.75. The van der Waals surface area contributed by atoms with Crippen molar-refractivity contribution in [3.63, 3.8) is 0 Å². The first-order chi connectivity index (χ1) is 7.92. The molecule has 1 rings (SSSR count). The van der Waals surface area contributed by atoms with Gasteiger partial charge in [-0.05, 0) is 34.5 Å². The molecule has 7 heteroatoms. The second-order valence-electron chi connectivity index (χ2n) is 3.46. The third-order valence-corrected chi connectivity index (χ3v) is 3.76. The number of halogens is 4. The summed E-state index contributed by atoms with van der Waals surface area (Å²) >= 11 is 4.78. The molecule has 1 aromatic heterocycles. The maximum atomic E-state index is 11.9. The van der Waals surface area contributed by atoms with Crippen LogP contribution in [0.25, 0.3) is 0 Å². The van der Waals surface area contributed by atoms with Crippen LogP contribution in [-0.2, 0) is 4.74 Å². The van der Waals surface area contributed by atoms with Gasteiger partial charge in [0.15, 0.2) is 0 Å². The Morgan fingerprint density at radius 1 is 1.41 bits per heavy atom. The minimum Gasteiger partial charge on any atom is -0.371 e. The lowest BCUT2D eigenvalue weighted by molar-refractivity contribution is -0.138. The summed E-state index contributed by atoms with van der Waals surface area (Å²) in [6.07, 6.45) is -5.29. The molecule has 0 aliphatic carbocycles. The first-order valence-corrected chi connectivity index (χ1v) is 6.67. The van der Waals surface area contributed by atoms with E-state index in [1.54, 1.807) is 0 Å². The van der Waals surface area contributed by atoms with Crippen molar-refractivity contribution in [1.82, 2.24) is 0 Å². The molecule has 1 unspecified atom stereocenters. The summed E-state index contributed by atoms with van der Waals surface area (Å²) in [7, 11) is 0. The van der Waals surface area contributed by atoms with Gasteiger partial charge in [-0.1, -0.05) is 0 Å². The van der Waals surface area contributed by atoms with Gasteiger partial charge in [-0.2, -0.15) is 13.2 Å². The Morgan fingerprint density at radius 3 is 2.59 bits per heavy atom. The van der Waals surface area contributed by atoms with Gasteiger partial charge in [-0.15, -0.1) is 11.3 Å². The maximum absolute atomic E-state index is 11.9. The molecule has 0 spiro atoms. The summed E-state index contributed by atoms with van der Waals surface area (Å²) in [5, 5.41) is 0. The van der Waals surface area contributed by atoms with E-state index in [0.29, 0.717) is 0 Å². The first kappa shape index (κ1) is 14.9. The molecule has 1 aromatic rings. The standard InChI is InChI=1S/C10H13BrF3NOS/c11-9-3-2-8(17-9)7(6-15)16-5-1-4-10(12,13)14/h2-3,7H,1,4-6,15H2. The quantitative estimate of drug-likeness (QED) is 0.803. The lowest BCUT2D eigenvalue weighted by Gasteiger charge is -2.14. The summed E-state index contributed by atoms with van der Waals surface area (Å²) in [5.41, 5.74) is 5.53. The van der Waals surface area contributed by atoms with Crippen LogP contribution in [0.15, 0.2) is 15.9 Å². The lowest BCUT2D eigenvalue weighted by Crippen LogP contribution is -2.16. The molecule has 0 aliphatic rings. The molecule has 98 valence electrons. The largest absolute Gasteiger partial charge is 0.389 e. The summed E-state index contributed by atoms with van der Waals surface area (Å²) in [6.45, 7) is 0.329. The molecule has 0 bridgehead atoms. The molecule has 0 aliphatic heterocycles. The summed E-state index contributed by atoms with van der Waals surface area (Å²) < 4.78 is 42.0. The smallest absolute Gasteiger partial charge is 0.371 e. The highest BCUT2D eigenvalue weighted by Gasteiger charge is 2.26. The van der Waals surface area contributed by atoms with Crippen LogP contribution in [0.1, 0.15) is 23.8 Å². The summed E-state index contributed by atoms with van der Waals surface area (Å²) in [4.78, 5) is 0.923. The summed E-state index contributed by atoms with van der Waals surface area (Å²) in [5.74, 6) is 0. The van der Waals surface area contributed by atoms with Crippen LogP contribution in [0.2, 0.25) is 0 Å². The number of nitrogens with two attached hydrogens (primary N) is 1. The van der Waals surface area contributed by atoms with E-state index in [1.165, 1.54) is 11.3 Å². The van der Waals surface area contributed by atoms with Crippen molar-refractivity contribution in [2.75, 3.05) is 13.2 Å². The van der Waals surface area contributed by atoms with Crippen LogP contribution in [0.5, 0.6) is 0 Å². The predicted molar refractivity (Wildman–Crippen MR) is 65.1 cm³/mol. The zero-order valence-corrected chi connectivity index (χ0v) is 11.4. The van der Waals surface area contributed by atoms with E-state index in [1.807, 2.05) is 12.1 Å². The molecule has 0 radical (unpaired) electrons. The Morgan fingerprint density at radius 2 is 2.12 bits per heavy atom. The first-order valence-electron chi connectivity index (χ1n) is 5.06. The van der Waals surface area contributed by atoms with Gasteiger partial charge in [0, 0.05) is 24.4 Å². The van der Waals surface area contributed by atoms with Gasteiger partial charge in [0.25, 0.3) is 0 Å². The van der Waals surface area contributed by atoms with Crippen LogP contribution in [0.3, 0.4) is 0 Å². The maximum Gasteiger partial charge on any atom is 0.389 e. The number of hydrogen-bond acceptors (Lipinski definition) is 3. The molecule has 2 nitrogen and oxygen atoms in total. The second-order valence-corrected chi connectivity index (χ2v) is 5.95. The van der Waals surface area contributed by atoms with Crippen molar-refractivity contribution >= 4 is 27.3 Å². The van der Waals surface area contributed by atoms with Gasteiger partial charge in [0.2, 0.25) is 0 Å². The Labute approximate surface area is 110 Å². The van der Waals surface area contributed by atoms with Crippen molar-refractivity contribution in [2.24, 2.45) is 5.73 Å². The highest BCUT2D eigenvalue weighted by molar-refractivity contribution is 9.11. The zero-order chi connectivity index (χ0) is 12.9. The number of ether oxygens (including phenoxy) is 1. The van der Waals surface area contributed by atoms with Gasteiger partial charge in [-0.3, -0.25) is 0 Å². The molecule has 2 N–H and O–H groups in total. The number of alkyl halides is 3. The van der Waals surface area contributed by atoms with E-state index in [9.17, 15) is 13.2 Å². The van der Waals surface area contributed by atoms with E-state index >= 15 is 0 Å². The molecule has 0 amide bonds. The normalized spacial score (nSPS) is 13.9. The molecule has 1 atom stereocenters. The molecule has 1 heterocycles. The minimum absolute atomic E-state index is 0.0352. The van der Waals surface area contributed by atoms with Gasteiger partial charge in [0.1, 0.15) is 6.10 Å². The van der Waals surface area contributed by atoms with E-state index in [-0.39, 0.29) is 25.7 Å². The SMILES string of the molecule is NCC(OCCCC(F)(F)F)c1ccc(Br)s1. The van der Waals surface area contributed by atoms with Gasteiger partial charge < -0.3 is 10.5 Å². The molecule has 17 heavy (non-hydrogen) atoms. The Hall–Kier alpha value is -0.110. The Bertz CT molecular complexity index is 343. The van der Waals surface area contributed by atoms with Gasteiger partial charge >= 0.3 is 6.18 Å². The van der Waals surface area contributed by atoms with E-state index in [4.69, 9.17) is 10.5 Å². The van der Waals surface area contributed by atoms with Crippen molar-refractivity contribution in [3.05, 3.63) is 20.8 Å². The van der Waals surface area contributed by atoms with Gasteiger partial charge in [-0.25, -0.2) is 0 Å². The molecule has 0 aromatic carbocycles. The number of hydrogen-bond donors (Lipinski definition) is 1. The average Bonchev–Trinajstić information content (AvgIpc) is 2.63. The minimum atomic E-state index is -4.12. The molecule has 0 fully saturated rings. The van der Waals surface area contributed by atoms with Crippen molar-refractivity contribution in [3.8, 4) is 0 Å². The fourth-order valence-electron chi connectivity index (χ4n) is 1.27. The zero-order valence-electron chi connectivity index (χ0n) is 8.97. The highest BCUT2D eigenvalue weighted by atomic mass is 79.9. The van der Waals surface area contributed by atoms with E-state index < -0.39 is 12.6 Å². The molecule has 0 saturated carbocycles. The van der Waals surface area contributed by atoms with Crippen molar-refractivity contribution in [1.29, 1.82) is 0 Å². The topological polar surface area (TPSA) is 35.2 Å². The van der Waals surface area contributed by atoms with E-state index in [0.717, 1.165) is 8.66 Å². The number of rotatable bonds is 6. The second kappa shape index (κ2) is 6.72. The predicted octanol–water partition coefficient (Wildman–Crippen LogP) is 3.87. The van der Waals surface area contributed by atoms with Crippen LogP contribution in [0, 0.1) is 0 Å². The van der Waals surface area contributed by atoms with Crippen molar-refractivity contribution < 1.29 is 17.9 Å². The summed E-state index contributed by atoms with van der Waals surface area (Å²) in [6, 6.07) is 3.72. The molecular weight excluding hydrogens is 319 g/mol. The van der Waals surface area contributed by atoms with Crippen LogP contribution in [0.4, 0.5) is 13.2 Å². The van der Waals surface area contributed by atoms with E-state index in [2.05, 4.69) is 15.9 Å². The van der Waals surface area contributed by atoms with Crippen LogP contribution < -0.4 is 5.73 Å².